The van der Waals surface area contributed by atoms with E-state index in [-0.39, 0.29) is 11.6 Å². The Kier molecular flexibility index (Phi) is 5.95. The van der Waals surface area contributed by atoms with E-state index < -0.39 is 5.60 Å². The van der Waals surface area contributed by atoms with Crippen molar-refractivity contribution in [2.45, 2.75) is 77.0 Å². The largest absolute Gasteiger partial charge is 0.444 e. The standard InChI is InChI=1S/C18H34N2O3/c1-14(13-22-5)12-19-15-7-10-20(16(21)23-17(2,3)4)18(11-15)8-6-9-18/h14-15,19H,6-13H2,1-5H3. The molecule has 0 aromatic rings. The first-order chi connectivity index (χ1) is 10.8. The molecule has 1 saturated heterocycles. The Labute approximate surface area is 141 Å². The molecule has 2 fully saturated rings. The number of ether oxygens (including phenoxy) is 2. The fraction of sp³-hybridized carbons (Fsp3) is 0.944. The summed E-state index contributed by atoms with van der Waals surface area (Å²) in [5, 5.41) is 3.68. The van der Waals surface area contributed by atoms with E-state index in [0.29, 0.717) is 12.0 Å². The molecule has 5 heteroatoms. The van der Waals surface area contributed by atoms with Gasteiger partial charge in [-0.25, -0.2) is 4.79 Å². The Morgan fingerprint density at radius 3 is 2.61 bits per heavy atom. The zero-order chi connectivity index (χ0) is 17.1. The molecule has 0 bridgehead atoms. The third-order valence-electron chi connectivity index (χ3n) is 5.00. The van der Waals surface area contributed by atoms with Crippen LogP contribution in [0.1, 0.15) is 59.8 Å². The molecule has 1 saturated carbocycles. The van der Waals surface area contributed by atoms with Gasteiger partial charge in [-0.2, -0.15) is 0 Å². The molecule has 1 heterocycles. The van der Waals surface area contributed by atoms with Crippen LogP contribution in [-0.4, -0.2) is 55.0 Å². The van der Waals surface area contributed by atoms with Gasteiger partial charge in [0.2, 0.25) is 0 Å². The van der Waals surface area contributed by atoms with Gasteiger partial charge in [0.1, 0.15) is 5.60 Å². The summed E-state index contributed by atoms with van der Waals surface area (Å²) < 4.78 is 10.8. The summed E-state index contributed by atoms with van der Waals surface area (Å²) >= 11 is 0. The van der Waals surface area contributed by atoms with E-state index in [2.05, 4.69) is 12.2 Å². The highest BCUT2D eigenvalue weighted by Crippen LogP contribution is 2.45. The first-order valence-electron chi connectivity index (χ1n) is 8.99. The molecule has 1 aliphatic heterocycles. The molecule has 1 amide bonds. The van der Waals surface area contributed by atoms with Crippen molar-refractivity contribution in [1.29, 1.82) is 0 Å². The Bertz CT molecular complexity index is 402. The average molecular weight is 326 g/mol. The number of amides is 1. The number of methoxy groups -OCH3 is 1. The summed E-state index contributed by atoms with van der Waals surface area (Å²) in [6.07, 6.45) is 5.35. The Morgan fingerprint density at radius 2 is 2.09 bits per heavy atom. The molecule has 5 nitrogen and oxygen atoms in total. The molecule has 2 atom stereocenters. The second-order valence-electron chi connectivity index (χ2n) is 8.37. The van der Waals surface area contributed by atoms with Crippen LogP contribution in [0.2, 0.25) is 0 Å². The summed E-state index contributed by atoms with van der Waals surface area (Å²) in [5.74, 6) is 0.515. The third kappa shape index (κ3) is 4.83. The quantitative estimate of drug-likeness (QED) is 0.843. The van der Waals surface area contributed by atoms with Gasteiger partial charge in [0.15, 0.2) is 0 Å². The van der Waals surface area contributed by atoms with Gasteiger partial charge in [-0.05, 0) is 58.8 Å². The summed E-state index contributed by atoms with van der Waals surface area (Å²) in [4.78, 5) is 14.6. The van der Waals surface area contributed by atoms with Gasteiger partial charge in [-0.15, -0.1) is 0 Å². The SMILES string of the molecule is COCC(C)CNC1CCN(C(=O)OC(C)(C)C)C2(CCC2)C1. The molecule has 1 spiro atoms. The maximum absolute atomic E-state index is 12.5. The topological polar surface area (TPSA) is 50.8 Å². The highest BCUT2D eigenvalue weighted by Gasteiger charge is 2.49. The molecule has 2 rings (SSSR count). The minimum absolute atomic E-state index is 0.0305. The molecule has 134 valence electrons. The summed E-state index contributed by atoms with van der Waals surface area (Å²) in [6, 6.07) is 0.494. The number of carbonyl (C=O) groups is 1. The summed E-state index contributed by atoms with van der Waals surface area (Å²) in [7, 11) is 1.75. The number of likely N-dealkylation sites (tertiary alicyclic amines) is 1. The van der Waals surface area contributed by atoms with Gasteiger partial charge in [-0.3, -0.25) is 0 Å². The fourth-order valence-corrected chi connectivity index (χ4v) is 3.74. The lowest BCUT2D eigenvalue weighted by Gasteiger charge is -2.55. The minimum Gasteiger partial charge on any atom is -0.444 e. The number of piperidine rings is 1. The normalized spacial score (nSPS) is 25.1. The number of hydrogen-bond donors (Lipinski definition) is 1. The van der Waals surface area contributed by atoms with Crippen LogP contribution in [-0.2, 0) is 9.47 Å². The van der Waals surface area contributed by atoms with Crippen molar-refractivity contribution in [2.75, 3.05) is 26.8 Å². The van der Waals surface area contributed by atoms with Crippen molar-refractivity contribution in [3.63, 3.8) is 0 Å². The lowest BCUT2D eigenvalue weighted by atomic mass is 9.69. The minimum atomic E-state index is -0.424. The average Bonchev–Trinajstić information content (AvgIpc) is 2.41. The zero-order valence-corrected chi connectivity index (χ0v) is 15.5. The highest BCUT2D eigenvalue weighted by molar-refractivity contribution is 5.69. The predicted molar refractivity (Wildman–Crippen MR) is 91.6 cm³/mol. The first kappa shape index (κ1) is 18.5. The number of carbonyl (C=O) groups excluding carboxylic acids is 1. The Morgan fingerprint density at radius 1 is 1.39 bits per heavy atom. The zero-order valence-electron chi connectivity index (χ0n) is 15.5. The van der Waals surface area contributed by atoms with Gasteiger partial charge in [0.05, 0.1) is 0 Å². The first-order valence-corrected chi connectivity index (χ1v) is 8.99. The van der Waals surface area contributed by atoms with Gasteiger partial charge >= 0.3 is 6.09 Å². The maximum atomic E-state index is 12.5. The molecular weight excluding hydrogens is 292 g/mol. The second-order valence-corrected chi connectivity index (χ2v) is 8.37. The Hall–Kier alpha value is -0.810. The molecule has 2 unspecified atom stereocenters. The van der Waals surface area contributed by atoms with E-state index >= 15 is 0 Å². The smallest absolute Gasteiger partial charge is 0.410 e. The summed E-state index contributed by atoms with van der Waals surface area (Å²) in [5.41, 5.74) is -0.393. The van der Waals surface area contributed by atoms with Crippen LogP contribution < -0.4 is 5.32 Å². The van der Waals surface area contributed by atoms with E-state index in [0.717, 1.165) is 45.4 Å². The van der Waals surface area contributed by atoms with Crippen molar-refractivity contribution in [2.24, 2.45) is 5.92 Å². The van der Waals surface area contributed by atoms with Gasteiger partial charge in [-0.1, -0.05) is 6.92 Å². The van der Waals surface area contributed by atoms with Gasteiger partial charge in [0.25, 0.3) is 0 Å². The van der Waals surface area contributed by atoms with Crippen molar-refractivity contribution in [3.8, 4) is 0 Å². The molecule has 1 aliphatic carbocycles. The number of nitrogens with zero attached hydrogens (tertiary/aromatic N) is 1. The number of nitrogens with one attached hydrogen (secondary N) is 1. The van der Waals surface area contributed by atoms with Crippen molar-refractivity contribution in [1.82, 2.24) is 10.2 Å². The molecule has 2 aliphatic rings. The van der Waals surface area contributed by atoms with E-state index in [4.69, 9.17) is 9.47 Å². The predicted octanol–water partition coefficient (Wildman–Crippen LogP) is 3.18. The van der Waals surface area contributed by atoms with Crippen LogP contribution in [0.15, 0.2) is 0 Å². The molecule has 0 aromatic heterocycles. The molecular formula is C18H34N2O3. The van der Waals surface area contributed by atoms with Gasteiger partial charge in [0, 0.05) is 38.4 Å². The lowest BCUT2D eigenvalue weighted by Crippen LogP contribution is -2.63. The van der Waals surface area contributed by atoms with E-state index in [9.17, 15) is 4.79 Å². The number of hydrogen-bond acceptors (Lipinski definition) is 4. The molecule has 0 aromatic carbocycles. The van der Waals surface area contributed by atoms with Crippen molar-refractivity contribution in [3.05, 3.63) is 0 Å². The highest BCUT2D eigenvalue weighted by atomic mass is 16.6. The van der Waals surface area contributed by atoms with E-state index in [1.807, 2.05) is 25.7 Å². The monoisotopic (exact) mass is 326 g/mol. The van der Waals surface area contributed by atoms with Crippen molar-refractivity contribution < 1.29 is 14.3 Å². The maximum Gasteiger partial charge on any atom is 0.410 e. The van der Waals surface area contributed by atoms with Crippen LogP contribution in [0, 0.1) is 5.92 Å². The molecule has 0 radical (unpaired) electrons. The summed E-state index contributed by atoms with van der Waals surface area (Å²) in [6.45, 7) is 10.6. The van der Waals surface area contributed by atoms with Crippen LogP contribution in [0.3, 0.4) is 0 Å². The molecule has 23 heavy (non-hydrogen) atoms. The third-order valence-corrected chi connectivity index (χ3v) is 5.00. The van der Waals surface area contributed by atoms with Gasteiger partial charge < -0.3 is 19.7 Å². The fourth-order valence-electron chi connectivity index (χ4n) is 3.74. The van der Waals surface area contributed by atoms with E-state index in [1.54, 1.807) is 7.11 Å². The van der Waals surface area contributed by atoms with Crippen LogP contribution in [0.25, 0.3) is 0 Å². The lowest BCUT2D eigenvalue weighted by molar-refractivity contribution is -0.0496. The second kappa shape index (κ2) is 7.39. The van der Waals surface area contributed by atoms with Crippen LogP contribution in [0.4, 0.5) is 4.79 Å². The number of rotatable bonds is 5. The van der Waals surface area contributed by atoms with Crippen molar-refractivity contribution >= 4 is 6.09 Å². The van der Waals surface area contributed by atoms with Crippen LogP contribution >= 0.6 is 0 Å². The Balaban J connectivity index is 1.90. The van der Waals surface area contributed by atoms with E-state index in [1.165, 1.54) is 6.42 Å². The van der Waals surface area contributed by atoms with Crippen LogP contribution in [0.5, 0.6) is 0 Å². The molecule has 1 N–H and O–H groups in total.